The van der Waals surface area contributed by atoms with Gasteiger partial charge in [-0.3, -0.25) is 5.10 Å². The van der Waals surface area contributed by atoms with E-state index < -0.39 is 0 Å². The number of nitrogens with one attached hydrogen (secondary N) is 1. The maximum atomic E-state index is 3.90. The van der Waals surface area contributed by atoms with Crippen molar-refractivity contribution in [2.24, 2.45) is 0 Å². The third-order valence-corrected chi connectivity index (χ3v) is 1.56. The molecule has 0 aliphatic carbocycles. The fourth-order valence-electron chi connectivity index (χ4n) is 0.974. The highest BCUT2D eigenvalue weighted by Crippen LogP contribution is 2.15. The molecule has 2 aromatic rings. The van der Waals surface area contributed by atoms with Crippen LogP contribution in [0.2, 0.25) is 0 Å². The van der Waals surface area contributed by atoms with E-state index in [1.54, 1.807) is 12.4 Å². The predicted molar refractivity (Wildman–Crippen MR) is 42.1 cm³/mol. The summed E-state index contributed by atoms with van der Waals surface area (Å²) >= 11 is 0. The maximum absolute atomic E-state index is 3.90. The zero-order valence-electron chi connectivity index (χ0n) is 6.52. The van der Waals surface area contributed by atoms with Crippen molar-refractivity contribution in [1.82, 2.24) is 25.4 Å². The quantitative estimate of drug-likeness (QED) is 0.663. The van der Waals surface area contributed by atoms with E-state index in [1.807, 2.05) is 6.92 Å². The Labute approximate surface area is 68.9 Å². The molecule has 0 unspecified atom stereocenters. The molecule has 0 aliphatic rings. The Kier molecular flexibility index (Phi) is 1.55. The van der Waals surface area contributed by atoms with Crippen LogP contribution in [-0.2, 0) is 0 Å². The monoisotopic (exact) mass is 161 g/mol. The normalized spacial score (nSPS) is 10.1. The highest BCUT2D eigenvalue weighted by Gasteiger charge is 2.04. The van der Waals surface area contributed by atoms with Gasteiger partial charge in [-0.1, -0.05) is 5.21 Å². The van der Waals surface area contributed by atoms with E-state index >= 15 is 0 Å². The van der Waals surface area contributed by atoms with Crippen LogP contribution in [0.4, 0.5) is 0 Å². The van der Waals surface area contributed by atoms with Gasteiger partial charge >= 0.3 is 0 Å². The van der Waals surface area contributed by atoms with Crippen LogP contribution in [0.3, 0.4) is 0 Å². The van der Waals surface area contributed by atoms with Crippen LogP contribution in [0, 0.1) is 6.92 Å². The van der Waals surface area contributed by atoms with Crippen molar-refractivity contribution in [3.05, 3.63) is 24.4 Å². The van der Waals surface area contributed by atoms with Gasteiger partial charge < -0.3 is 0 Å². The lowest BCUT2D eigenvalue weighted by Gasteiger charge is -1.93. The predicted octanol–water partition coefficient (Wildman–Crippen LogP) is 0.570. The first-order valence-electron chi connectivity index (χ1n) is 3.51. The topological polar surface area (TPSA) is 67.3 Å². The second-order valence-corrected chi connectivity index (χ2v) is 2.41. The molecule has 0 saturated heterocycles. The summed E-state index contributed by atoms with van der Waals surface area (Å²) in [4.78, 5) is 7.78. The Morgan fingerprint density at radius 3 is 2.58 bits per heavy atom. The molecule has 0 bridgehead atoms. The number of aromatic amines is 1. The smallest absolute Gasteiger partial charge is 0.118 e. The summed E-state index contributed by atoms with van der Waals surface area (Å²) in [5.41, 5.74) is 2.60. The summed E-state index contributed by atoms with van der Waals surface area (Å²) in [6.45, 7) is 1.91. The third kappa shape index (κ3) is 1.05. The van der Waals surface area contributed by atoms with Crippen molar-refractivity contribution in [1.29, 1.82) is 0 Å². The summed E-state index contributed by atoms with van der Waals surface area (Å²) in [5.74, 6) is 0. The molecule has 1 N–H and O–H groups in total. The van der Waals surface area contributed by atoms with E-state index in [-0.39, 0.29) is 0 Å². The molecule has 0 fully saturated rings. The largest absolute Gasteiger partial charge is 0.262 e. The van der Waals surface area contributed by atoms with Gasteiger partial charge in [-0.05, 0) is 6.92 Å². The lowest BCUT2D eigenvalue weighted by atomic mass is 10.2. The number of nitrogens with zero attached hydrogens (tertiary/aromatic N) is 4. The Hall–Kier alpha value is -1.78. The lowest BCUT2D eigenvalue weighted by Crippen LogP contribution is -1.84. The molecule has 0 aliphatic heterocycles. The number of aryl methyl sites for hydroxylation is 1. The molecule has 60 valence electrons. The van der Waals surface area contributed by atoms with E-state index in [9.17, 15) is 0 Å². The van der Waals surface area contributed by atoms with Gasteiger partial charge in [0.25, 0.3) is 0 Å². The summed E-state index contributed by atoms with van der Waals surface area (Å²) in [7, 11) is 0. The summed E-state index contributed by atoms with van der Waals surface area (Å²) in [6.07, 6.45) is 4.90. The molecular weight excluding hydrogens is 154 g/mol. The van der Waals surface area contributed by atoms with Crippen LogP contribution < -0.4 is 0 Å². The van der Waals surface area contributed by atoms with Gasteiger partial charge in [0.15, 0.2) is 0 Å². The average Bonchev–Trinajstić information content (AvgIpc) is 2.53. The van der Waals surface area contributed by atoms with Crippen molar-refractivity contribution in [2.45, 2.75) is 6.92 Å². The van der Waals surface area contributed by atoms with Crippen LogP contribution in [0.5, 0.6) is 0 Å². The van der Waals surface area contributed by atoms with E-state index in [2.05, 4.69) is 25.4 Å². The first-order valence-corrected chi connectivity index (χ1v) is 3.51. The highest BCUT2D eigenvalue weighted by molar-refractivity contribution is 5.57. The molecule has 5 nitrogen and oxygen atoms in total. The molecule has 5 heteroatoms. The zero-order chi connectivity index (χ0) is 8.39. The van der Waals surface area contributed by atoms with Crippen LogP contribution in [-0.4, -0.2) is 25.4 Å². The fourth-order valence-corrected chi connectivity index (χ4v) is 0.974. The Morgan fingerprint density at radius 2 is 2.00 bits per heavy atom. The lowest BCUT2D eigenvalue weighted by molar-refractivity contribution is 0.929. The van der Waals surface area contributed by atoms with Crippen LogP contribution in [0.1, 0.15) is 5.69 Å². The van der Waals surface area contributed by atoms with E-state index in [0.29, 0.717) is 0 Å². The second kappa shape index (κ2) is 2.69. The number of aromatic nitrogens is 5. The SMILES string of the molecule is Cc1[nH]nnc1-c1cncnc1. The van der Waals surface area contributed by atoms with Crippen molar-refractivity contribution in [2.75, 3.05) is 0 Å². The molecule has 0 spiro atoms. The Bertz CT molecular complexity index is 366. The van der Waals surface area contributed by atoms with Crippen LogP contribution in [0.15, 0.2) is 18.7 Å². The Balaban J connectivity index is 2.51. The van der Waals surface area contributed by atoms with E-state index in [4.69, 9.17) is 0 Å². The van der Waals surface area contributed by atoms with Gasteiger partial charge in [0.05, 0.1) is 5.69 Å². The average molecular weight is 161 g/mol. The van der Waals surface area contributed by atoms with Crippen molar-refractivity contribution in [3.8, 4) is 11.3 Å². The zero-order valence-corrected chi connectivity index (χ0v) is 6.52. The molecule has 0 radical (unpaired) electrons. The van der Waals surface area contributed by atoms with Gasteiger partial charge in [0, 0.05) is 18.0 Å². The number of hydrogen-bond donors (Lipinski definition) is 1. The fraction of sp³-hybridized carbons (Fsp3) is 0.143. The van der Waals surface area contributed by atoms with Crippen molar-refractivity contribution < 1.29 is 0 Å². The number of H-pyrrole nitrogens is 1. The maximum Gasteiger partial charge on any atom is 0.118 e. The van der Waals surface area contributed by atoms with Crippen molar-refractivity contribution >= 4 is 0 Å². The van der Waals surface area contributed by atoms with E-state index in [1.165, 1.54) is 6.33 Å². The molecule has 2 rings (SSSR count). The highest BCUT2D eigenvalue weighted by atomic mass is 15.3. The third-order valence-electron chi connectivity index (χ3n) is 1.56. The van der Waals surface area contributed by atoms with Crippen LogP contribution >= 0.6 is 0 Å². The second-order valence-electron chi connectivity index (χ2n) is 2.41. The summed E-state index contributed by atoms with van der Waals surface area (Å²) in [6, 6.07) is 0. The summed E-state index contributed by atoms with van der Waals surface area (Å²) in [5, 5.41) is 10.3. The van der Waals surface area contributed by atoms with Gasteiger partial charge in [-0.2, -0.15) is 0 Å². The van der Waals surface area contributed by atoms with Gasteiger partial charge in [-0.15, -0.1) is 5.10 Å². The minimum absolute atomic E-state index is 0.801. The molecule has 2 aromatic heterocycles. The molecular formula is C7H7N5. The number of rotatable bonds is 1. The first kappa shape index (κ1) is 6.90. The Morgan fingerprint density at radius 1 is 1.25 bits per heavy atom. The molecule has 12 heavy (non-hydrogen) atoms. The van der Waals surface area contributed by atoms with E-state index in [0.717, 1.165) is 17.0 Å². The summed E-state index contributed by atoms with van der Waals surface area (Å²) < 4.78 is 0. The minimum atomic E-state index is 0.801. The molecule has 0 atom stereocenters. The van der Waals surface area contributed by atoms with Gasteiger partial charge in [0.1, 0.15) is 12.0 Å². The van der Waals surface area contributed by atoms with Crippen LogP contribution in [0.25, 0.3) is 11.3 Å². The molecule has 2 heterocycles. The van der Waals surface area contributed by atoms with Gasteiger partial charge in [-0.25, -0.2) is 9.97 Å². The molecule has 0 amide bonds. The first-order chi connectivity index (χ1) is 5.88. The van der Waals surface area contributed by atoms with Crippen molar-refractivity contribution in [3.63, 3.8) is 0 Å². The number of hydrogen-bond acceptors (Lipinski definition) is 4. The minimum Gasteiger partial charge on any atom is -0.262 e. The molecule has 0 saturated carbocycles. The standard InChI is InChI=1S/C7H7N5/c1-5-7(11-12-10-5)6-2-8-4-9-3-6/h2-4H,1H3,(H,10,11,12). The van der Waals surface area contributed by atoms with Gasteiger partial charge in [0.2, 0.25) is 0 Å². The molecule has 0 aromatic carbocycles.